The number of tetrazole rings is 1. The number of aryl methyl sites for hydroxylation is 1. The minimum absolute atomic E-state index is 0.392. The Morgan fingerprint density at radius 1 is 1.36 bits per heavy atom. The minimum atomic E-state index is 0.392. The Morgan fingerprint density at radius 2 is 2.27 bits per heavy atom. The third-order valence-corrected chi connectivity index (χ3v) is 1.21. The van der Waals surface area contributed by atoms with Gasteiger partial charge in [-0.25, -0.2) is 4.63 Å². The smallest absolute Gasteiger partial charge is 0.228 e. The van der Waals surface area contributed by atoms with Gasteiger partial charge in [0.15, 0.2) is 5.69 Å². The van der Waals surface area contributed by atoms with E-state index in [0.29, 0.717) is 17.2 Å². The number of nitrogens with one attached hydrogen (secondary N) is 1. The van der Waals surface area contributed by atoms with Gasteiger partial charge in [0.2, 0.25) is 5.82 Å². The van der Waals surface area contributed by atoms with E-state index in [1.54, 1.807) is 6.92 Å². The molecule has 0 spiro atoms. The van der Waals surface area contributed by atoms with Crippen molar-refractivity contribution in [3.63, 3.8) is 0 Å². The lowest BCUT2D eigenvalue weighted by atomic mass is 10.3. The molecule has 2 heterocycles. The van der Waals surface area contributed by atoms with Crippen molar-refractivity contribution in [3.8, 4) is 11.5 Å². The van der Waals surface area contributed by atoms with Crippen molar-refractivity contribution in [2.24, 2.45) is 0 Å². The molecule has 0 amide bonds. The van der Waals surface area contributed by atoms with E-state index >= 15 is 0 Å². The van der Waals surface area contributed by atoms with Crippen LogP contribution in [0.25, 0.3) is 11.5 Å². The highest BCUT2D eigenvalue weighted by molar-refractivity contribution is 5.48. The Labute approximate surface area is 60.8 Å². The number of hydrogen-bond donors (Lipinski definition) is 1. The number of aromatic amines is 1. The molecule has 7 nitrogen and oxygen atoms in total. The number of H-pyrrole nitrogens is 1. The fourth-order valence-corrected chi connectivity index (χ4v) is 0.697. The summed E-state index contributed by atoms with van der Waals surface area (Å²) in [5.41, 5.74) is 1.16. The maximum Gasteiger partial charge on any atom is 0.228 e. The number of aromatic nitrogens is 6. The molecular weight excluding hydrogens is 148 g/mol. The molecule has 0 fully saturated rings. The Bertz CT molecular complexity index is 337. The van der Waals surface area contributed by atoms with E-state index in [9.17, 15) is 0 Å². The fraction of sp³-hybridized carbons (Fsp3) is 0.250. The summed E-state index contributed by atoms with van der Waals surface area (Å²) >= 11 is 0. The maximum atomic E-state index is 4.45. The Kier molecular flexibility index (Phi) is 1.14. The molecule has 2 aromatic rings. The van der Waals surface area contributed by atoms with Gasteiger partial charge in [0, 0.05) is 0 Å². The van der Waals surface area contributed by atoms with Crippen LogP contribution in [-0.2, 0) is 0 Å². The average molecular weight is 152 g/mol. The second-order valence-electron chi connectivity index (χ2n) is 1.93. The summed E-state index contributed by atoms with van der Waals surface area (Å²) in [6.45, 7) is 1.75. The van der Waals surface area contributed by atoms with Crippen LogP contribution < -0.4 is 0 Å². The zero-order valence-electron chi connectivity index (χ0n) is 5.64. The zero-order chi connectivity index (χ0) is 7.68. The largest absolute Gasteiger partial charge is 0.244 e. The quantitative estimate of drug-likeness (QED) is 0.595. The Hall–Kier alpha value is -1.79. The van der Waals surface area contributed by atoms with E-state index < -0.39 is 0 Å². The first-order chi connectivity index (χ1) is 5.38. The molecular formula is C4H4N6O. The van der Waals surface area contributed by atoms with Gasteiger partial charge in [0.1, 0.15) is 5.69 Å². The standard InChI is InChI=1S/C4H4N6O/c1-2-3(8-11-7-2)4-5-9-10-6-4/h1H3,(H,5,6,9,10). The third kappa shape index (κ3) is 0.858. The van der Waals surface area contributed by atoms with Crippen molar-refractivity contribution in [2.45, 2.75) is 6.92 Å². The Morgan fingerprint density at radius 3 is 2.82 bits per heavy atom. The van der Waals surface area contributed by atoms with Gasteiger partial charge in [0.25, 0.3) is 0 Å². The molecule has 0 aliphatic rings. The molecule has 0 unspecified atom stereocenters. The molecule has 0 atom stereocenters. The molecule has 0 saturated heterocycles. The molecule has 56 valence electrons. The number of nitrogens with zero attached hydrogens (tertiary/aromatic N) is 5. The van der Waals surface area contributed by atoms with Crippen molar-refractivity contribution in [1.29, 1.82) is 0 Å². The molecule has 0 saturated carbocycles. The van der Waals surface area contributed by atoms with E-state index in [1.807, 2.05) is 0 Å². The zero-order valence-corrected chi connectivity index (χ0v) is 5.64. The van der Waals surface area contributed by atoms with Crippen LogP contribution in [-0.4, -0.2) is 30.9 Å². The first-order valence-electron chi connectivity index (χ1n) is 2.91. The van der Waals surface area contributed by atoms with Gasteiger partial charge in [-0.15, -0.1) is 10.2 Å². The van der Waals surface area contributed by atoms with E-state index in [-0.39, 0.29) is 0 Å². The highest BCUT2D eigenvalue weighted by Gasteiger charge is 2.11. The van der Waals surface area contributed by atoms with Crippen LogP contribution in [0.2, 0.25) is 0 Å². The molecule has 11 heavy (non-hydrogen) atoms. The van der Waals surface area contributed by atoms with Crippen LogP contribution in [0.1, 0.15) is 5.69 Å². The van der Waals surface area contributed by atoms with Gasteiger partial charge >= 0.3 is 0 Å². The molecule has 0 aromatic carbocycles. The monoisotopic (exact) mass is 152 g/mol. The van der Waals surface area contributed by atoms with Crippen LogP contribution in [0.4, 0.5) is 0 Å². The topological polar surface area (TPSA) is 93.4 Å². The molecule has 2 rings (SSSR count). The fourth-order valence-electron chi connectivity index (χ4n) is 0.697. The van der Waals surface area contributed by atoms with Gasteiger partial charge in [0.05, 0.1) is 0 Å². The highest BCUT2D eigenvalue weighted by Crippen LogP contribution is 2.11. The van der Waals surface area contributed by atoms with Crippen molar-refractivity contribution in [2.75, 3.05) is 0 Å². The van der Waals surface area contributed by atoms with Crippen LogP contribution in [0, 0.1) is 6.92 Å². The molecule has 0 aliphatic heterocycles. The maximum absolute atomic E-state index is 4.45. The lowest BCUT2D eigenvalue weighted by Crippen LogP contribution is -1.83. The summed E-state index contributed by atoms with van der Waals surface area (Å²) in [6.07, 6.45) is 0. The molecule has 0 bridgehead atoms. The summed E-state index contributed by atoms with van der Waals surface area (Å²) < 4.78 is 4.45. The van der Waals surface area contributed by atoms with Gasteiger partial charge in [-0.05, 0) is 17.3 Å². The summed E-state index contributed by atoms with van der Waals surface area (Å²) in [5.74, 6) is 0.392. The summed E-state index contributed by atoms with van der Waals surface area (Å²) in [5, 5.41) is 20.3. The second-order valence-corrected chi connectivity index (χ2v) is 1.93. The van der Waals surface area contributed by atoms with E-state index in [2.05, 4.69) is 35.6 Å². The van der Waals surface area contributed by atoms with Gasteiger partial charge in [-0.3, -0.25) is 0 Å². The molecule has 1 N–H and O–H groups in total. The van der Waals surface area contributed by atoms with Crippen LogP contribution in [0.3, 0.4) is 0 Å². The van der Waals surface area contributed by atoms with Crippen molar-refractivity contribution < 1.29 is 4.63 Å². The molecule has 0 aliphatic carbocycles. The molecule has 7 heteroatoms. The summed E-state index contributed by atoms with van der Waals surface area (Å²) in [4.78, 5) is 0. The van der Waals surface area contributed by atoms with Crippen LogP contribution >= 0.6 is 0 Å². The van der Waals surface area contributed by atoms with Crippen molar-refractivity contribution in [1.82, 2.24) is 30.9 Å². The third-order valence-electron chi connectivity index (χ3n) is 1.21. The average Bonchev–Trinajstić information content (AvgIpc) is 2.55. The van der Waals surface area contributed by atoms with Crippen LogP contribution in [0.15, 0.2) is 4.63 Å². The van der Waals surface area contributed by atoms with E-state index in [4.69, 9.17) is 0 Å². The highest BCUT2D eigenvalue weighted by atomic mass is 16.6. The van der Waals surface area contributed by atoms with Gasteiger partial charge in [-0.2, -0.15) is 5.21 Å². The van der Waals surface area contributed by atoms with E-state index in [1.165, 1.54) is 0 Å². The lowest BCUT2D eigenvalue weighted by Gasteiger charge is -1.80. The van der Waals surface area contributed by atoms with Crippen molar-refractivity contribution >= 4 is 0 Å². The summed E-state index contributed by atoms with van der Waals surface area (Å²) in [7, 11) is 0. The van der Waals surface area contributed by atoms with E-state index in [0.717, 1.165) is 0 Å². The number of hydrogen-bond acceptors (Lipinski definition) is 6. The van der Waals surface area contributed by atoms with Gasteiger partial charge in [-0.1, -0.05) is 5.16 Å². The second kappa shape index (κ2) is 2.11. The van der Waals surface area contributed by atoms with Gasteiger partial charge < -0.3 is 0 Å². The van der Waals surface area contributed by atoms with Crippen molar-refractivity contribution in [3.05, 3.63) is 5.69 Å². The minimum Gasteiger partial charge on any atom is -0.244 e. The molecule has 0 radical (unpaired) electrons. The predicted molar refractivity (Wildman–Crippen MR) is 32.2 cm³/mol. The van der Waals surface area contributed by atoms with Crippen LogP contribution in [0.5, 0.6) is 0 Å². The first kappa shape index (κ1) is 5.96. The molecule has 2 aromatic heterocycles. The first-order valence-corrected chi connectivity index (χ1v) is 2.91. The predicted octanol–water partition coefficient (Wildman–Crippen LogP) is -0.442. The normalized spacial score (nSPS) is 10.3. The SMILES string of the molecule is Cc1nonc1-c1nn[nH]n1. The summed E-state index contributed by atoms with van der Waals surface area (Å²) in [6, 6.07) is 0. The Balaban J connectivity index is 2.53. The number of rotatable bonds is 1. The lowest BCUT2D eigenvalue weighted by molar-refractivity contribution is 0.305.